The van der Waals surface area contributed by atoms with Crippen molar-refractivity contribution in [2.24, 2.45) is 0 Å². The van der Waals surface area contributed by atoms with Gasteiger partial charge in [-0.25, -0.2) is 0 Å². The van der Waals surface area contributed by atoms with Gasteiger partial charge in [0, 0.05) is 27.2 Å². The maximum absolute atomic E-state index is 12.1. The first-order valence-electron chi connectivity index (χ1n) is 6.18. The molecule has 2 rings (SSSR count). The fourth-order valence-corrected chi connectivity index (χ4v) is 1.87. The van der Waals surface area contributed by atoms with E-state index >= 15 is 0 Å². The Hall–Kier alpha value is -2.24. The third-order valence-corrected chi connectivity index (χ3v) is 2.95. The highest BCUT2D eigenvalue weighted by Crippen LogP contribution is 2.28. The summed E-state index contributed by atoms with van der Waals surface area (Å²) in [5, 5.41) is 9.06. The van der Waals surface area contributed by atoms with Gasteiger partial charge >= 0.3 is 0 Å². The highest BCUT2D eigenvalue weighted by molar-refractivity contribution is 6.03. The SMILES string of the molecule is CN(C)C(=O)CNC(=O)c1cccc2c1NCCN2. The number of fused-ring (bicyclic) bond motifs is 1. The summed E-state index contributed by atoms with van der Waals surface area (Å²) in [7, 11) is 3.31. The molecule has 1 heterocycles. The van der Waals surface area contributed by atoms with E-state index in [1.165, 1.54) is 4.90 Å². The van der Waals surface area contributed by atoms with Gasteiger partial charge in [-0.3, -0.25) is 9.59 Å². The van der Waals surface area contributed by atoms with E-state index in [2.05, 4.69) is 16.0 Å². The first-order chi connectivity index (χ1) is 9.09. The minimum Gasteiger partial charge on any atom is -0.382 e. The molecule has 0 saturated heterocycles. The summed E-state index contributed by atoms with van der Waals surface area (Å²) < 4.78 is 0. The van der Waals surface area contributed by atoms with E-state index in [4.69, 9.17) is 0 Å². The summed E-state index contributed by atoms with van der Waals surface area (Å²) in [6.07, 6.45) is 0. The molecular formula is C13H18N4O2. The molecule has 1 aromatic rings. The second kappa shape index (κ2) is 5.60. The first kappa shape index (κ1) is 13.2. The third kappa shape index (κ3) is 2.96. The van der Waals surface area contributed by atoms with E-state index in [0.29, 0.717) is 5.56 Å². The van der Waals surface area contributed by atoms with Crippen molar-refractivity contribution in [2.75, 3.05) is 44.4 Å². The number of carbonyl (C=O) groups is 2. The monoisotopic (exact) mass is 262 g/mol. The van der Waals surface area contributed by atoms with Gasteiger partial charge in [0.1, 0.15) is 0 Å². The molecule has 0 bridgehead atoms. The maximum atomic E-state index is 12.1. The number of carbonyl (C=O) groups excluding carboxylic acids is 2. The van der Waals surface area contributed by atoms with Crippen LogP contribution in [0.4, 0.5) is 11.4 Å². The van der Waals surface area contributed by atoms with Crippen LogP contribution in [0.3, 0.4) is 0 Å². The number of nitrogens with one attached hydrogen (secondary N) is 3. The Morgan fingerprint density at radius 2 is 2.00 bits per heavy atom. The summed E-state index contributed by atoms with van der Waals surface area (Å²) >= 11 is 0. The Morgan fingerprint density at radius 1 is 1.26 bits per heavy atom. The second-order valence-electron chi connectivity index (χ2n) is 4.55. The van der Waals surface area contributed by atoms with Crippen molar-refractivity contribution in [3.05, 3.63) is 23.8 Å². The largest absolute Gasteiger partial charge is 0.382 e. The molecule has 0 unspecified atom stereocenters. The number of anilines is 2. The van der Waals surface area contributed by atoms with E-state index in [-0.39, 0.29) is 18.4 Å². The predicted molar refractivity (Wildman–Crippen MR) is 74.4 cm³/mol. The van der Waals surface area contributed by atoms with Crippen LogP contribution < -0.4 is 16.0 Å². The molecule has 6 nitrogen and oxygen atoms in total. The van der Waals surface area contributed by atoms with Crippen LogP contribution in [0.15, 0.2) is 18.2 Å². The molecule has 2 amide bonds. The maximum Gasteiger partial charge on any atom is 0.253 e. The molecule has 0 saturated carbocycles. The van der Waals surface area contributed by atoms with Crippen LogP contribution in [0.2, 0.25) is 0 Å². The summed E-state index contributed by atoms with van der Waals surface area (Å²) in [5.74, 6) is -0.382. The third-order valence-electron chi connectivity index (χ3n) is 2.95. The van der Waals surface area contributed by atoms with E-state index in [9.17, 15) is 9.59 Å². The zero-order valence-corrected chi connectivity index (χ0v) is 11.1. The molecule has 1 aliphatic rings. The number of hydrogen-bond donors (Lipinski definition) is 3. The summed E-state index contributed by atoms with van der Waals surface area (Å²) in [4.78, 5) is 25.0. The van der Waals surface area contributed by atoms with Gasteiger partial charge in [0.2, 0.25) is 5.91 Å². The number of hydrogen-bond acceptors (Lipinski definition) is 4. The molecule has 6 heteroatoms. The summed E-state index contributed by atoms with van der Waals surface area (Å²) in [6.45, 7) is 1.61. The average Bonchev–Trinajstić information content (AvgIpc) is 2.43. The van der Waals surface area contributed by atoms with E-state index < -0.39 is 0 Å². The van der Waals surface area contributed by atoms with Gasteiger partial charge in [0.05, 0.1) is 23.5 Å². The van der Waals surface area contributed by atoms with E-state index in [1.54, 1.807) is 20.2 Å². The van der Waals surface area contributed by atoms with Gasteiger partial charge < -0.3 is 20.9 Å². The number of likely N-dealkylation sites (N-methyl/N-ethyl adjacent to an activating group) is 1. The lowest BCUT2D eigenvalue weighted by atomic mass is 10.1. The second-order valence-corrected chi connectivity index (χ2v) is 4.55. The van der Waals surface area contributed by atoms with Crippen molar-refractivity contribution in [1.29, 1.82) is 0 Å². The van der Waals surface area contributed by atoms with Crippen molar-refractivity contribution in [2.45, 2.75) is 0 Å². The Kier molecular flexibility index (Phi) is 3.89. The average molecular weight is 262 g/mol. The minimum atomic E-state index is -0.247. The molecule has 19 heavy (non-hydrogen) atoms. The van der Waals surface area contributed by atoms with Crippen LogP contribution >= 0.6 is 0 Å². The first-order valence-corrected chi connectivity index (χ1v) is 6.18. The molecular weight excluding hydrogens is 244 g/mol. The minimum absolute atomic E-state index is 0.00291. The van der Waals surface area contributed by atoms with Crippen LogP contribution in [0.25, 0.3) is 0 Å². The lowest BCUT2D eigenvalue weighted by molar-refractivity contribution is -0.127. The van der Waals surface area contributed by atoms with Crippen molar-refractivity contribution >= 4 is 23.2 Å². The zero-order chi connectivity index (χ0) is 13.8. The van der Waals surface area contributed by atoms with Crippen molar-refractivity contribution in [1.82, 2.24) is 10.2 Å². The number of rotatable bonds is 3. The Balaban J connectivity index is 2.09. The quantitative estimate of drug-likeness (QED) is 0.734. The van der Waals surface area contributed by atoms with Crippen LogP contribution in [-0.2, 0) is 4.79 Å². The van der Waals surface area contributed by atoms with Crippen LogP contribution in [0.5, 0.6) is 0 Å². The fourth-order valence-electron chi connectivity index (χ4n) is 1.87. The van der Waals surface area contributed by atoms with Gasteiger partial charge in [-0.05, 0) is 12.1 Å². The smallest absolute Gasteiger partial charge is 0.253 e. The molecule has 0 spiro atoms. The zero-order valence-electron chi connectivity index (χ0n) is 11.1. The molecule has 0 aromatic heterocycles. The lowest BCUT2D eigenvalue weighted by Crippen LogP contribution is -2.36. The predicted octanol–water partition coefficient (Wildman–Crippen LogP) is 0.342. The lowest BCUT2D eigenvalue weighted by Gasteiger charge is -2.22. The summed E-state index contributed by atoms with van der Waals surface area (Å²) in [6, 6.07) is 5.49. The molecule has 0 aliphatic carbocycles. The van der Waals surface area contributed by atoms with Crippen molar-refractivity contribution < 1.29 is 9.59 Å². The highest BCUT2D eigenvalue weighted by Gasteiger charge is 2.17. The molecule has 0 atom stereocenters. The van der Waals surface area contributed by atoms with Gasteiger partial charge in [-0.1, -0.05) is 6.07 Å². The van der Waals surface area contributed by atoms with Gasteiger partial charge in [-0.2, -0.15) is 0 Å². The van der Waals surface area contributed by atoms with Crippen LogP contribution in [0, 0.1) is 0 Å². The van der Waals surface area contributed by atoms with Gasteiger partial charge in [0.15, 0.2) is 0 Å². The molecule has 3 N–H and O–H groups in total. The number of para-hydroxylation sites is 1. The molecule has 0 fully saturated rings. The highest BCUT2D eigenvalue weighted by atomic mass is 16.2. The van der Waals surface area contributed by atoms with E-state index in [0.717, 1.165) is 24.5 Å². The fraction of sp³-hybridized carbons (Fsp3) is 0.385. The standard InChI is InChI=1S/C13H18N4O2/c1-17(2)11(18)8-16-13(19)9-4-3-5-10-12(9)15-7-6-14-10/h3-5,14-15H,6-8H2,1-2H3,(H,16,19). The molecule has 1 aromatic carbocycles. The van der Waals surface area contributed by atoms with Gasteiger partial charge in [-0.15, -0.1) is 0 Å². The molecule has 102 valence electrons. The van der Waals surface area contributed by atoms with E-state index in [1.807, 2.05) is 12.1 Å². The number of amides is 2. The normalized spacial score (nSPS) is 12.7. The van der Waals surface area contributed by atoms with Crippen LogP contribution in [-0.4, -0.2) is 50.4 Å². The van der Waals surface area contributed by atoms with Crippen molar-refractivity contribution in [3.63, 3.8) is 0 Å². The molecule has 0 radical (unpaired) electrons. The summed E-state index contributed by atoms with van der Waals surface area (Å²) in [5.41, 5.74) is 2.26. The molecule has 1 aliphatic heterocycles. The number of benzene rings is 1. The number of nitrogens with zero attached hydrogens (tertiary/aromatic N) is 1. The Bertz CT molecular complexity index is 499. The Morgan fingerprint density at radius 3 is 2.74 bits per heavy atom. The Labute approximate surface area is 112 Å². The van der Waals surface area contributed by atoms with Crippen molar-refractivity contribution in [3.8, 4) is 0 Å². The van der Waals surface area contributed by atoms with Crippen LogP contribution in [0.1, 0.15) is 10.4 Å². The van der Waals surface area contributed by atoms with Gasteiger partial charge in [0.25, 0.3) is 5.91 Å². The topological polar surface area (TPSA) is 73.5 Å².